The van der Waals surface area contributed by atoms with Gasteiger partial charge in [0.1, 0.15) is 0 Å². The van der Waals surface area contributed by atoms with Gasteiger partial charge in [0.05, 0.1) is 0 Å². The van der Waals surface area contributed by atoms with Crippen molar-refractivity contribution in [2.45, 2.75) is 57.5 Å². The first-order valence-corrected chi connectivity index (χ1v) is 7.41. The molecule has 1 saturated carbocycles. The zero-order chi connectivity index (χ0) is 12.5. The molecule has 2 heteroatoms. The molecule has 1 heterocycles. The summed E-state index contributed by atoms with van der Waals surface area (Å²) in [5, 5.41) is 0. The lowest BCUT2D eigenvalue weighted by molar-refractivity contribution is 0.420. The molecule has 98 valence electrons. The van der Waals surface area contributed by atoms with E-state index in [-0.39, 0.29) is 6.04 Å². The SMILES string of the molecule is CC(N)c1ccc2c(c1)N(C1CCCCC1)CC2. The van der Waals surface area contributed by atoms with Gasteiger partial charge in [0, 0.05) is 24.3 Å². The van der Waals surface area contributed by atoms with Crippen LogP contribution in [0.1, 0.15) is 56.2 Å². The van der Waals surface area contributed by atoms with Crippen LogP contribution in [0.2, 0.25) is 0 Å². The number of nitrogens with two attached hydrogens (primary N) is 1. The summed E-state index contributed by atoms with van der Waals surface area (Å²) >= 11 is 0. The van der Waals surface area contributed by atoms with Crippen molar-refractivity contribution in [3.63, 3.8) is 0 Å². The van der Waals surface area contributed by atoms with Crippen molar-refractivity contribution in [2.24, 2.45) is 5.73 Å². The molecule has 2 N–H and O–H groups in total. The maximum Gasteiger partial charge on any atom is 0.0405 e. The fourth-order valence-corrected chi connectivity index (χ4v) is 3.48. The molecule has 1 aliphatic carbocycles. The Labute approximate surface area is 110 Å². The number of benzene rings is 1. The third kappa shape index (κ3) is 2.14. The molecule has 1 unspecified atom stereocenters. The van der Waals surface area contributed by atoms with Crippen molar-refractivity contribution < 1.29 is 0 Å². The normalized spacial score (nSPS) is 22.0. The third-order valence-corrected chi connectivity index (χ3v) is 4.58. The van der Waals surface area contributed by atoms with Crippen molar-refractivity contribution in [3.8, 4) is 0 Å². The smallest absolute Gasteiger partial charge is 0.0405 e. The number of nitrogens with zero attached hydrogens (tertiary/aromatic N) is 1. The van der Waals surface area contributed by atoms with E-state index in [0.717, 1.165) is 6.04 Å². The highest BCUT2D eigenvalue weighted by Gasteiger charge is 2.27. The van der Waals surface area contributed by atoms with Crippen LogP contribution in [-0.2, 0) is 6.42 Å². The maximum absolute atomic E-state index is 6.01. The standard InChI is InChI=1S/C16H24N2/c1-12(17)14-8-7-13-9-10-18(16(13)11-14)15-5-3-2-4-6-15/h7-8,11-12,15H,2-6,9-10,17H2,1H3. The number of hydrogen-bond acceptors (Lipinski definition) is 2. The largest absolute Gasteiger partial charge is 0.368 e. The van der Waals surface area contributed by atoms with Crippen LogP contribution < -0.4 is 10.6 Å². The first kappa shape index (κ1) is 12.0. The van der Waals surface area contributed by atoms with Gasteiger partial charge in [0.15, 0.2) is 0 Å². The summed E-state index contributed by atoms with van der Waals surface area (Å²) in [6.07, 6.45) is 8.21. The molecule has 0 saturated heterocycles. The highest BCUT2D eigenvalue weighted by Crippen LogP contribution is 2.35. The molecule has 1 aliphatic heterocycles. The Bertz CT molecular complexity index is 419. The van der Waals surface area contributed by atoms with Gasteiger partial charge in [-0.1, -0.05) is 31.4 Å². The van der Waals surface area contributed by atoms with Gasteiger partial charge in [0.2, 0.25) is 0 Å². The highest BCUT2D eigenvalue weighted by molar-refractivity contribution is 5.60. The van der Waals surface area contributed by atoms with Crippen LogP contribution in [0.4, 0.5) is 5.69 Å². The molecule has 1 atom stereocenters. The quantitative estimate of drug-likeness (QED) is 0.864. The van der Waals surface area contributed by atoms with E-state index in [1.807, 2.05) is 0 Å². The molecule has 3 rings (SSSR count). The zero-order valence-electron chi connectivity index (χ0n) is 11.4. The van der Waals surface area contributed by atoms with Crippen LogP contribution in [-0.4, -0.2) is 12.6 Å². The van der Waals surface area contributed by atoms with Crippen molar-refractivity contribution in [2.75, 3.05) is 11.4 Å². The van der Waals surface area contributed by atoms with E-state index in [2.05, 4.69) is 30.0 Å². The topological polar surface area (TPSA) is 29.3 Å². The van der Waals surface area contributed by atoms with Gasteiger partial charge in [-0.25, -0.2) is 0 Å². The van der Waals surface area contributed by atoms with Gasteiger partial charge < -0.3 is 10.6 Å². The Morgan fingerprint density at radius 1 is 1.22 bits per heavy atom. The van der Waals surface area contributed by atoms with Crippen molar-refractivity contribution in [3.05, 3.63) is 29.3 Å². The second kappa shape index (κ2) is 4.93. The summed E-state index contributed by atoms with van der Waals surface area (Å²) in [6, 6.07) is 7.75. The number of hydrogen-bond donors (Lipinski definition) is 1. The Morgan fingerprint density at radius 3 is 2.72 bits per heavy atom. The van der Waals surface area contributed by atoms with E-state index in [9.17, 15) is 0 Å². The fraction of sp³-hybridized carbons (Fsp3) is 0.625. The second-order valence-electron chi connectivity index (χ2n) is 5.91. The summed E-state index contributed by atoms with van der Waals surface area (Å²) in [7, 11) is 0. The zero-order valence-corrected chi connectivity index (χ0v) is 11.4. The molecule has 1 aromatic carbocycles. The molecule has 0 radical (unpaired) electrons. The van der Waals surface area contributed by atoms with Crippen LogP contribution in [0.15, 0.2) is 18.2 Å². The molecule has 0 bridgehead atoms. The molecule has 1 fully saturated rings. The van der Waals surface area contributed by atoms with E-state index >= 15 is 0 Å². The molecule has 18 heavy (non-hydrogen) atoms. The van der Waals surface area contributed by atoms with Gasteiger partial charge in [-0.05, 0) is 43.4 Å². The summed E-state index contributed by atoms with van der Waals surface area (Å²) in [5.41, 5.74) is 10.3. The first-order valence-electron chi connectivity index (χ1n) is 7.41. The minimum Gasteiger partial charge on any atom is -0.368 e. The predicted molar refractivity (Wildman–Crippen MR) is 77.0 cm³/mol. The minimum absolute atomic E-state index is 0.143. The van der Waals surface area contributed by atoms with Gasteiger partial charge in [-0.15, -0.1) is 0 Å². The summed E-state index contributed by atoms with van der Waals surface area (Å²) < 4.78 is 0. The maximum atomic E-state index is 6.01. The molecular formula is C16H24N2. The van der Waals surface area contributed by atoms with Gasteiger partial charge in [-0.2, -0.15) is 0 Å². The molecule has 0 amide bonds. The monoisotopic (exact) mass is 244 g/mol. The van der Waals surface area contributed by atoms with E-state index in [1.54, 1.807) is 0 Å². The average Bonchev–Trinajstić information content (AvgIpc) is 2.82. The first-order chi connectivity index (χ1) is 8.75. The lowest BCUT2D eigenvalue weighted by Crippen LogP contribution is -2.35. The van der Waals surface area contributed by atoms with Crippen molar-refractivity contribution in [1.82, 2.24) is 0 Å². The van der Waals surface area contributed by atoms with Gasteiger partial charge in [0.25, 0.3) is 0 Å². The Kier molecular flexibility index (Phi) is 3.29. The molecule has 1 aromatic rings. The lowest BCUT2D eigenvalue weighted by atomic mass is 9.94. The molecular weight excluding hydrogens is 220 g/mol. The predicted octanol–water partition coefficient (Wildman–Crippen LogP) is 3.40. The second-order valence-corrected chi connectivity index (χ2v) is 5.91. The van der Waals surface area contributed by atoms with E-state index in [0.29, 0.717) is 0 Å². The van der Waals surface area contributed by atoms with Crippen LogP contribution >= 0.6 is 0 Å². The number of anilines is 1. The summed E-state index contributed by atoms with van der Waals surface area (Å²) in [6.45, 7) is 3.28. The Balaban J connectivity index is 1.87. The molecule has 0 aromatic heterocycles. The average molecular weight is 244 g/mol. The summed E-state index contributed by atoms with van der Waals surface area (Å²) in [5.74, 6) is 0. The van der Waals surface area contributed by atoms with E-state index in [4.69, 9.17) is 5.73 Å². The van der Waals surface area contributed by atoms with Gasteiger partial charge >= 0.3 is 0 Å². The number of fused-ring (bicyclic) bond motifs is 1. The molecule has 2 aliphatic rings. The van der Waals surface area contributed by atoms with Crippen molar-refractivity contribution >= 4 is 5.69 Å². The third-order valence-electron chi connectivity index (χ3n) is 4.58. The number of rotatable bonds is 2. The van der Waals surface area contributed by atoms with Crippen molar-refractivity contribution in [1.29, 1.82) is 0 Å². The Hall–Kier alpha value is -1.02. The molecule has 0 spiro atoms. The van der Waals surface area contributed by atoms with E-state index < -0.39 is 0 Å². The minimum atomic E-state index is 0.143. The van der Waals surface area contributed by atoms with Crippen LogP contribution in [0, 0.1) is 0 Å². The van der Waals surface area contributed by atoms with Gasteiger partial charge in [-0.3, -0.25) is 0 Å². The van der Waals surface area contributed by atoms with Crippen LogP contribution in [0.5, 0.6) is 0 Å². The summed E-state index contributed by atoms with van der Waals surface area (Å²) in [4.78, 5) is 2.65. The van der Waals surface area contributed by atoms with Crippen LogP contribution in [0.25, 0.3) is 0 Å². The van der Waals surface area contributed by atoms with E-state index in [1.165, 1.54) is 61.9 Å². The highest BCUT2D eigenvalue weighted by atomic mass is 15.2. The fourth-order valence-electron chi connectivity index (χ4n) is 3.48. The lowest BCUT2D eigenvalue weighted by Gasteiger charge is -2.33. The van der Waals surface area contributed by atoms with Crippen LogP contribution in [0.3, 0.4) is 0 Å². The molecule has 2 nitrogen and oxygen atoms in total. The Morgan fingerprint density at radius 2 is 2.00 bits per heavy atom.